The largest absolute Gasteiger partial charge is 0.288 e. The summed E-state index contributed by atoms with van der Waals surface area (Å²) in [5, 5.41) is 3.49. The number of hydrogen-bond donors (Lipinski definition) is 1. The van der Waals surface area contributed by atoms with E-state index in [0.717, 1.165) is 25.8 Å². The second-order valence-corrected chi connectivity index (χ2v) is 6.45. The summed E-state index contributed by atoms with van der Waals surface area (Å²) < 4.78 is 0. The maximum Gasteiger partial charge on any atom is 0.0890 e. The van der Waals surface area contributed by atoms with E-state index in [0.29, 0.717) is 0 Å². The zero-order valence-electron chi connectivity index (χ0n) is 13.2. The average molecular weight is 279 g/mol. The van der Waals surface area contributed by atoms with Crippen molar-refractivity contribution in [3.05, 3.63) is 0 Å². The van der Waals surface area contributed by atoms with Crippen LogP contribution in [-0.4, -0.2) is 37.0 Å². The molecule has 0 radical (unpaired) electrons. The highest BCUT2D eigenvalue weighted by Gasteiger charge is 2.18. The van der Waals surface area contributed by atoms with E-state index in [1.54, 1.807) is 0 Å². The lowest BCUT2D eigenvalue weighted by Crippen LogP contribution is -2.42. The molecule has 3 nitrogen and oxygen atoms in total. The molecule has 116 valence electrons. The Morgan fingerprint density at radius 2 is 1.55 bits per heavy atom. The van der Waals surface area contributed by atoms with E-state index in [4.69, 9.17) is 0 Å². The predicted molar refractivity (Wildman–Crippen MR) is 87.3 cm³/mol. The van der Waals surface area contributed by atoms with E-state index in [1.165, 1.54) is 77.2 Å². The van der Waals surface area contributed by atoms with Crippen molar-refractivity contribution < 1.29 is 0 Å². The van der Waals surface area contributed by atoms with Gasteiger partial charge in [0.1, 0.15) is 0 Å². The lowest BCUT2D eigenvalue weighted by atomic mass is 9.96. The van der Waals surface area contributed by atoms with E-state index in [1.807, 2.05) is 0 Å². The Morgan fingerprint density at radius 3 is 2.30 bits per heavy atom. The highest BCUT2D eigenvalue weighted by atomic mass is 15.3. The summed E-state index contributed by atoms with van der Waals surface area (Å²) in [6, 6.07) is 0.809. The van der Waals surface area contributed by atoms with Crippen LogP contribution in [0, 0.1) is 0 Å². The Morgan fingerprint density at radius 1 is 0.850 bits per heavy atom. The lowest BCUT2D eigenvalue weighted by Gasteiger charge is -2.33. The van der Waals surface area contributed by atoms with E-state index < -0.39 is 0 Å². The van der Waals surface area contributed by atoms with Gasteiger partial charge in [-0.1, -0.05) is 44.9 Å². The molecule has 3 heteroatoms. The van der Waals surface area contributed by atoms with Crippen LogP contribution in [0.2, 0.25) is 0 Å². The standard InChI is InChI=1S/C17H33N3/c1-2-4-7-11-17(12-8-5-3-1)20-14-10-6-9-13-18-15-19-16-20/h13,17,19H,1-12,14-16H2/b18-13-. The van der Waals surface area contributed by atoms with Crippen molar-refractivity contribution in [2.75, 3.05) is 19.9 Å². The number of nitrogens with zero attached hydrogens (tertiary/aromatic N) is 2. The topological polar surface area (TPSA) is 27.6 Å². The van der Waals surface area contributed by atoms with Gasteiger partial charge in [0, 0.05) is 18.9 Å². The second-order valence-electron chi connectivity index (χ2n) is 6.45. The Bertz CT molecular complexity index is 255. The van der Waals surface area contributed by atoms with E-state index in [2.05, 4.69) is 21.4 Å². The highest BCUT2D eigenvalue weighted by Crippen LogP contribution is 2.21. The predicted octanol–water partition coefficient (Wildman–Crippen LogP) is 3.94. The van der Waals surface area contributed by atoms with Gasteiger partial charge in [-0.15, -0.1) is 0 Å². The lowest BCUT2D eigenvalue weighted by molar-refractivity contribution is 0.153. The van der Waals surface area contributed by atoms with Gasteiger partial charge < -0.3 is 0 Å². The van der Waals surface area contributed by atoms with Gasteiger partial charge in [-0.05, 0) is 38.6 Å². The van der Waals surface area contributed by atoms with Crippen LogP contribution in [0.4, 0.5) is 0 Å². The molecule has 1 heterocycles. The zero-order valence-corrected chi connectivity index (χ0v) is 13.2. The SMILES string of the molecule is C1=N\CNCN(C2CCCCCCCCC2)CCCC/1. The molecule has 1 aliphatic carbocycles. The number of rotatable bonds is 1. The third-order valence-corrected chi connectivity index (χ3v) is 4.77. The monoisotopic (exact) mass is 279 g/mol. The third kappa shape index (κ3) is 6.36. The molecule has 1 N–H and O–H groups in total. The number of nitrogens with one attached hydrogen (secondary N) is 1. The first-order chi connectivity index (χ1) is 9.97. The molecule has 0 aromatic rings. The van der Waals surface area contributed by atoms with E-state index >= 15 is 0 Å². The third-order valence-electron chi connectivity index (χ3n) is 4.77. The minimum absolute atomic E-state index is 0.795. The first-order valence-electron chi connectivity index (χ1n) is 8.90. The van der Waals surface area contributed by atoms with Crippen molar-refractivity contribution in [2.24, 2.45) is 4.99 Å². The molecule has 0 unspecified atom stereocenters. The molecule has 0 aromatic heterocycles. The van der Waals surface area contributed by atoms with E-state index in [9.17, 15) is 0 Å². The molecule has 1 aliphatic heterocycles. The zero-order chi connectivity index (χ0) is 13.9. The molecule has 2 rings (SSSR count). The maximum atomic E-state index is 4.41. The summed E-state index contributed by atoms with van der Waals surface area (Å²) in [5.74, 6) is 0. The molecule has 1 saturated carbocycles. The minimum Gasteiger partial charge on any atom is -0.288 e. The fourth-order valence-electron chi connectivity index (χ4n) is 3.51. The van der Waals surface area contributed by atoms with Gasteiger partial charge >= 0.3 is 0 Å². The summed E-state index contributed by atoms with van der Waals surface area (Å²) in [7, 11) is 0. The summed E-state index contributed by atoms with van der Waals surface area (Å²) in [5.41, 5.74) is 0. The number of aliphatic imine (C=N–C) groups is 1. The summed E-state index contributed by atoms with van der Waals surface area (Å²) in [6.45, 7) is 3.09. The molecule has 1 fully saturated rings. The van der Waals surface area contributed by atoms with Crippen molar-refractivity contribution in [3.8, 4) is 0 Å². The molecule has 0 saturated heterocycles. The van der Waals surface area contributed by atoms with Crippen LogP contribution in [0.3, 0.4) is 0 Å². The molecular formula is C17H33N3. The maximum absolute atomic E-state index is 4.41. The van der Waals surface area contributed by atoms with Crippen LogP contribution in [0.5, 0.6) is 0 Å². The van der Waals surface area contributed by atoms with Crippen molar-refractivity contribution in [2.45, 2.75) is 83.1 Å². The Kier molecular flexibility index (Phi) is 8.25. The molecule has 0 bridgehead atoms. The molecule has 20 heavy (non-hydrogen) atoms. The van der Waals surface area contributed by atoms with Crippen LogP contribution in [0.1, 0.15) is 77.0 Å². The van der Waals surface area contributed by atoms with E-state index in [-0.39, 0.29) is 0 Å². The average Bonchev–Trinajstić information content (AvgIpc) is 2.50. The number of hydrogen-bond acceptors (Lipinski definition) is 3. The smallest absolute Gasteiger partial charge is 0.0890 e. The molecule has 2 aliphatic rings. The van der Waals surface area contributed by atoms with Crippen molar-refractivity contribution in [3.63, 3.8) is 0 Å². The first kappa shape index (κ1) is 16.0. The van der Waals surface area contributed by atoms with Crippen molar-refractivity contribution in [1.29, 1.82) is 0 Å². The van der Waals surface area contributed by atoms with Gasteiger partial charge in [0.2, 0.25) is 0 Å². The summed E-state index contributed by atoms with van der Waals surface area (Å²) in [4.78, 5) is 7.12. The van der Waals surface area contributed by atoms with Gasteiger partial charge in [0.15, 0.2) is 0 Å². The van der Waals surface area contributed by atoms with Crippen LogP contribution in [0.25, 0.3) is 0 Å². The highest BCUT2D eigenvalue weighted by molar-refractivity contribution is 5.56. The Labute approximate surface area is 125 Å². The molecule has 0 aromatic carbocycles. The van der Waals surface area contributed by atoms with Crippen LogP contribution in [-0.2, 0) is 0 Å². The molecule has 0 amide bonds. The van der Waals surface area contributed by atoms with Crippen LogP contribution in [0.15, 0.2) is 4.99 Å². The fourth-order valence-corrected chi connectivity index (χ4v) is 3.51. The Balaban J connectivity index is 1.84. The normalized spacial score (nSPS) is 27.8. The molecule has 0 atom stereocenters. The summed E-state index contributed by atoms with van der Waals surface area (Å²) >= 11 is 0. The van der Waals surface area contributed by atoms with Crippen LogP contribution < -0.4 is 5.32 Å². The van der Waals surface area contributed by atoms with Gasteiger partial charge in [0.25, 0.3) is 0 Å². The molecular weight excluding hydrogens is 246 g/mol. The second kappa shape index (κ2) is 10.3. The van der Waals surface area contributed by atoms with Gasteiger partial charge in [0.05, 0.1) is 6.67 Å². The quantitative estimate of drug-likeness (QED) is 0.787. The van der Waals surface area contributed by atoms with Gasteiger partial charge in [-0.2, -0.15) is 0 Å². The minimum atomic E-state index is 0.795. The fraction of sp³-hybridized carbons (Fsp3) is 0.941. The molecule has 0 spiro atoms. The van der Waals surface area contributed by atoms with Crippen LogP contribution >= 0.6 is 0 Å². The van der Waals surface area contributed by atoms with Gasteiger partial charge in [-0.25, -0.2) is 0 Å². The van der Waals surface area contributed by atoms with Crippen molar-refractivity contribution >= 4 is 6.21 Å². The van der Waals surface area contributed by atoms with Gasteiger partial charge in [-0.3, -0.25) is 15.2 Å². The summed E-state index contributed by atoms with van der Waals surface area (Å²) in [6.07, 6.45) is 18.8. The van der Waals surface area contributed by atoms with Crippen molar-refractivity contribution in [1.82, 2.24) is 10.2 Å². The first-order valence-corrected chi connectivity index (χ1v) is 8.90. The Hall–Kier alpha value is -0.410.